The van der Waals surface area contributed by atoms with Crippen molar-refractivity contribution in [3.05, 3.63) is 47.6 Å². The van der Waals surface area contributed by atoms with Crippen LogP contribution in [-0.4, -0.2) is 23.2 Å². The topological polar surface area (TPSA) is 51.0 Å². The summed E-state index contributed by atoms with van der Waals surface area (Å²) in [6, 6.07) is 10.5. The number of benzene rings is 1. The van der Waals surface area contributed by atoms with E-state index < -0.39 is 0 Å². The Bertz CT molecular complexity index is 494. The van der Waals surface area contributed by atoms with Crippen LogP contribution in [0.5, 0.6) is 0 Å². The first-order valence-corrected chi connectivity index (χ1v) is 5.90. The van der Waals surface area contributed by atoms with Gasteiger partial charge in [0.25, 0.3) is 0 Å². The van der Waals surface area contributed by atoms with E-state index in [0.29, 0.717) is 17.7 Å². The molecule has 1 saturated heterocycles. The largest absolute Gasteiger partial charge is 0.340 e. The molecule has 0 amide bonds. The third kappa shape index (κ3) is 1.96. The van der Waals surface area contributed by atoms with E-state index in [1.54, 1.807) is 0 Å². The van der Waals surface area contributed by atoms with E-state index in [-0.39, 0.29) is 0 Å². The molecule has 0 radical (unpaired) electrons. The van der Waals surface area contributed by atoms with Crippen molar-refractivity contribution < 1.29 is 4.52 Å². The summed E-state index contributed by atoms with van der Waals surface area (Å²) in [5, 5.41) is 7.45. The Morgan fingerprint density at radius 1 is 1.18 bits per heavy atom. The van der Waals surface area contributed by atoms with E-state index in [1.165, 1.54) is 5.56 Å². The monoisotopic (exact) mass is 229 g/mol. The lowest BCUT2D eigenvalue weighted by atomic mass is 9.88. The maximum absolute atomic E-state index is 5.07. The van der Waals surface area contributed by atoms with Crippen LogP contribution in [0.4, 0.5) is 0 Å². The van der Waals surface area contributed by atoms with Crippen LogP contribution >= 0.6 is 0 Å². The van der Waals surface area contributed by atoms with E-state index in [1.807, 2.05) is 13.0 Å². The lowest BCUT2D eigenvalue weighted by Gasteiger charge is -2.15. The SMILES string of the molecule is Cc1nc([C@H]2CNC[C@@H]2c2ccccc2)no1. The fourth-order valence-electron chi connectivity index (χ4n) is 2.47. The highest BCUT2D eigenvalue weighted by molar-refractivity contribution is 5.25. The van der Waals surface area contributed by atoms with Gasteiger partial charge in [-0.15, -0.1) is 0 Å². The molecule has 2 heterocycles. The Balaban J connectivity index is 1.90. The minimum absolute atomic E-state index is 0.315. The lowest BCUT2D eigenvalue weighted by molar-refractivity contribution is 0.382. The summed E-state index contributed by atoms with van der Waals surface area (Å²) in [4.78, 5) is 4.35. The zero-order chi connectivity index (χ0) is 11.7. The molecule has 4 heteroatoms. The van der Waals surface area contributed by atoms with Crippen molar-refractivity contribution >= 4 is 0 Å². The molecule has 0 saturated carbocycles. The average Bonchev–Trinajstić information content (AvgIpc) is 2.98. The van der Waals surface area contributed by atoms with Gasteiger partial charge in [0.05, 0.1) is 0 Å². The van der Waals surface area contributed by atoms with Crippen molar-refractivity contribution in [2.24, 2.45) is 0 Å². The van der Waals surface area contributed by atoms with Gasteiger partial charge in [-0.05, 0) is 5.56 Å². The summed E-state index contributed by atoms with van der Waals surface area (Å²) < 4.78 is 5.07. The van der Waals surface area contributed by atoms with E-state index >= 15 is 0 Å². The van der Waals surface area contributed by atoms with Crippen LogP contribution in [0.2, 0.25) is 0 Å². The molecule has 2 aromatic rings. The summed E-state index contributed by atoms with van der Waals surface area (Å²) in [6.07, 6.45) is 0. The summed E-state index contributed by atoms with van der Waals surface area (Å²) in [6.45, 7) is 3.72. The molecule has 0 aliphatic carbocycles. The van der Waals surface area contributed by atoms with Crippen molar-refractivity contribution in [1.29, 1.82) is 0 Å². The smallest absolute Gasteiger partial charge is 0.223 e. The van der Waals surface area contributed by atoms with Gasteiger partial charge in [-0.25, -0.2) is 0 Å². The summed E-state index contributed by atoms with van der Waals surface area (Å²) >= 11 is 0. The van der Waals surface area contributed by atoms with Crippen LogP contribution in [0.15, 0.2) is 34.9 Å². The molecular formula is C13H15N3O. The van der Waals surface area contributed by atoms with Gasteiger partial charge in [0.15, 0.2) is 5.82 Å². The highest BCUT2D eigenvalue weighted by atomic mass is 16.5. The first-order chi connectivity index (χ1) is 8.34. The van der Waals surface area contributed by atoms with Crippen molar-refractivity contribution in [1.82, 2.24) is 15.5 Å². The second-order valence-electron chi connectivity index (χ2n) is 4.45. The van der Waals surface area contributed by atoms with Crippen LogP contribution in [0, 0.1) is 6.92 Å². The van der Waals surface area contributed by atoms with Gasteiger partial charge in [-0.3, -0.25) is 0 Å². The van der Waals surface area contributed by atoms with Crippen molar-refractivity contribution in [3.63, 3.8) is 0 Å². The highest BCUT2D eigenvalue weighted by Crippen LogP contribution is 2.34. The highest BCUT2D eigenvalue weighted by Gasteiger charge is 2.32. The van der Waals surface area contributed by atoms with Gasteiger partial charge < -0.3 is 9.84 Å². The predicted octanol–water partition coefficient (Wildman–Crippen LogP) is 1.85. The second-order valence-corrected chi connectivity index (χ2v) is 4.45. The lowest BCUT2D eigenvalue weighted by Crippen LogP contribution is -2.10. The van der Waals surface area contributed by atoms with Crippen LogP contribution < -0.4 is 5.32 Å². The molecule has 1 aromatic carbocycles. The molecule has 17 heavy (non-hydrogen) atoms. The fourth-order valence-corrected chi connectivity index (χ4v) is 2.47. The third-order valence-corrected chi connectivity index (χ3v) is 3.32. The first kappa shape index (κ1) is 10.5. The molecule has 4 nitrogen and oxygen atoms in total. The van der Waals surface area contributed by atoms with Gasteiger partial charge in [-0.1, -0.05) is 35.5 Å². The third-order valence-electron chi connectivity index (χ3n) is 3.32. The molecule has 1 fully saturated rings. The summed E-state index contributed by atoms with van der Waals surface area (Å²) in [5.41, 5.74) is 1.34. The average molecular weight is 229 g/mol. The second kappa shape index (κ2) is 4.30. The Kier molecular flexibility index (Phi) is 2.65. The van der Waals surface area contributed by atoms with Crippen molar-refractivity contribution in [2.45, 2.75) is 18.8 Å². The molecule has 3 rings (SSSR count). The molecular weight excluding hydrogens is 214 g/mol. The van der Waals surface area contributed by atoms with Gasteiger partial charge in [0.2, 0.25) is 5.89 Å². The molecule has 1 aromatic heterocycles. The van der Waals surface area contributed by atoms with Crippen LogP contribution in [-0.2, 0) is 0 Å². The Hall–Kier alpha value is -1.68. The number of nitrogens with one attached hydrogen (secondary N) is 1. The number of hydrogen-bond donors (Lipinski definition) is 1. The van der Waals surface area contributed by atoms with Gasteiger partial charge in [0.1, 0.15) is 0 Å². The summed E-state index contributed by atoms with van der Waals surface area (Å²) in [7, 11) is 0. The van der Waals surface area contributed by atoms with Crippen LogP contribution in [0.1, 0.15) is 29.1 Å². The molecule has 1 N–H and O–H groups in total. The quantitative estimate of drug-likeness (QED) is 0.853. The van der Waals surface area contributed by atoms with Gasteiger partial charge in [-0.2, -0.15) is 4.98 Å². The van der Waals surface area contributed by atoms with E-state index in [9.17, 15) is 0 Å². The van der Waals surface area contributed by atoms with Crippen LogP contribution in [0.3, 0.4) is 0 Å². The molecule has 0 unspecified atom stereocenters. The Labute approximate surface area is 100 Å². The Morgan fingerprint density at radius 2 is 1.94 bits per heavy atom. The molecule has 1 aliphatic heterocycles. The molecule has 0 spiro atoms. The summed E-state index contributed by atoms with van der Waals surface area (Å²) in [5.74, 6) is 2.21. The zero-order valence-corrected chi connectivity index (χ0v) is 9.76. The number of hydrogen-bond acceptors (Lipinski definition) is 4. The maximum atomic E-state index is 5.07. The fraction of sp³-hybridized carbons (Fsp3) is 0.385. The zero-order valence-electron chi connectivity index (χ0n) is 9.76. The molecule has 88 valence electrons. The first-order valence-electron chi connectivity index (χ1n) is 5.90. The molecule has 2 atom stereocenters. The number of rotatable bonds is 2. The van der Waals surface area contributed by atoms with Crippen LogP contribution in [0.25, 0.3) is 0 Å². The normalized spacial score (nSPS) is 24.1. The standard InChI is InChI=1S/C13H15N3O/c1-9-15-13(16-17-9)12-8-14-7-11(12)10-5-3-2-4-6-10/h2-6,11-12,14H,7-8H2,1H3/t11-,12+/m1/s1. The number of nitrogens with zero attached hydrogens (tertiary/aromatic N) is 2. The number of aryl methyl sites for hydroxylation is 1. The Morgan fingerprint density at radius 3 is 2.65 bits per heavy atom. The van der Waals surface area contributed by atoms with E-state index in [0.717, 1.165) is 18.9 Å². The van der Waals surface area contributed by atoms with Crippen molar-refractivity contribution in [2.75, 3.05) is 13.1 Å². The molecule has 0 bridgehead atoms. The van der Waals surface area contributed by atoms with Crippen molar-refractivity contribution in [3.8, 4) is 0 Å². The minimum atomic E-state index is 0.315. The van der Waals surface area contributed by atoms with Gasteiger partial charge >= 0.3 is 0 Å². The van der Waals surface area contributed by atoms with E-state index in [4.69, 9.17) is 4.52 Å². The number of aromatic nitrogens is 2. The van der Waals surface area contributed by atoms with Gasteiger partial charge in [0, 0.05) is 31.8 Å². The minimum Gasteiger partial charge on any atom is -0.340 e. The molecule has 1 aliphatic rings. The van der Waals surface area contributed by atoms with E-state index in [2.05, 4.69) is 39.7 Å². The maximum Gasteiger partial charge on any atom is 0.223 e. The predicted molar refractivity (Wildman–Crippen MR) is 63.8 cm³/mol.